The minimum absolute atomic E-state index is 0.0753. The number of ether oxygens (including phenoxy) is 3. The third-order valence-corrected chi connectivity index (χ3v) is 9.59. The molecule has 2 fully saturated rings. The molecule has 48 heavy (non-hydrogen) atoms. The summed E-state index contributed by atoms with van der Waals surface area (Å²) in [6, 6.07) is 15.4. The highest BCUT2D eigenvalue weighted by Crippen LogP contribution is 2.50. The van der Waals surface area contributed by atoms with Crippen molar-refractivity contribution in [2.24, 2.45) is 0 Å². The number of rotatable bonds is 7. The summed E-state index contributed by atoms with van der Waals surface area (Å²) in [5.74, 6) is -1.09. The second kappa shape index (κ2) is 11.7. The summed E-state index contributed by atoms with van der Waals surface area (Å²) in [7, 11) is 0. The number of likely N-dealkylation sites (tertiary alicyclic amines) is 1. The Labute approximate surface area is 277 Å². The summed E-state index contributed by atoms with van der Waals surface area (Å²) in [5, 5.41) is 3.38. The molecule has 3 aliphatic heterocycles. The smallest absolute Gasteiger partial charge is 0.444 e. The highest BCUT2D eigenvalue weighted by atomic mass is 35.5. The number of para-hydroxylation sites is 1. The van der Waals surface area contributed by atoms with Crippen LogP contribution in [0.25, 0.3) is 22.5 Å². The van der Waals surface area contributed by atoms with E-state index in [1.54, 1.807) is 31.2 Å². The summed E-state index contributed by atoms with van der Waals surface area (Å²) in [5.41, 5.74) is 3.14. The maximum Gasteiger partial charge on any atom is 0.455 e. The van der Waals surface area contributed by atoms with Gasteiger partial charge in [0.25, 0.3) is 17.5 Å². The molecule has 0 spiro atoms. The van der Waals surface area contributed by atoms with Gasteiger partial charge >= 0.3 is 6.18 Å². The largest absolute Gasteiger partial charge is 0.455 e. The molecule has 250 valence electrons. The topological polar surface area (TPSA) is 87.7 Å². The van der Waals surface area contributed by atoms with E-state index in [1.165, 1.54) is 6.07 Å². The molecule has 0 aliphatic carbocycles. The van der Waals surface area contributed by atoms with Crippen LogP contribution < -0.4 is 9.47 Å². The molecule has 3 aliphatic rings. The number of hydrogen-bond acceptors (Lipinski definition) is 8. The molecule has 5 aromatic rings. The lowest BCUT2D eigenvalue weighted by atomic mass is 9.88. The van der Waals surface area contributed by atoms with E-state index in [0.29, 0.717) is 47.3 Å². The highest BCUT2D eigenvalue weighted by Gasteiger charge is 2.43. The lowest BCUT2D eigenvalue weighted by molar-refractivity contribution is -0.146. The molecule has 0 bridgehead atoms. The zero-order chi connectivity index (χ0) is 33.2. The summed E-state index contributed by atoms with van der Waals surface area (Å²) >= 11 is 5.98. The first kappa shape index (κ1) is 31.1. The van der Waals surface area contributed by atoms with E-state index < -0.39 is 23.6 Å². The fourth-order valence-electron chi connectivity index (χ4n) is 6.76. The Bertz CT molecular complexity index is 2000. The summed E-state index contributed by atoms with van der Waals surface area (Å²) in [6.07, 6.45) is -1.95. The first-order valence-corrected chi connectivity index (χ1v) is 16.1. The quantitative estimate of drug-likeness (QED) is 0.161. The second-order valence-electron chi connectivity index (χ2n) is 12.5. The van der Waals surface area contributed by atoms with Crippen LogP contribution in [0.15, 0.2) is 59.1 Å². The van der Waals surface area contributed by atoms with Gasteiger partial charge in [-0.25, -0.2) is 9.37 Å². The van der Waals surface area contributed by atoms with Gasteiger partial charge in [0.2, 0.25) is 0 Å². The molecule has 0 saturated carbocycles. The van der Waals surface area contributed by atoms with E-state index in [1.807, 2.05) is 24.3 Å². The number of aromatic nitrogens is 4. The number of piperidine rings is 1. The minimum atomic E-state index is -4.70. The number of fused-ring (bicyclic) bond motifs is 2. The van der Waals surface area contributed by atoms with Crippen molar-refractivity contribution in [3.8, 4) is 23.0 Å². The Hall–Kier alpha value is -4.20. The normalized spacial score (nSPS) is 21.6. The fraction of sp³-hybridized carbons (Fsp3) is 0.382. The van der Waals surface area contributed by atoms with Gasteiger partial charge in [-0.1, -0.05) is 28.9 Å². The molecule has 2 saturated heterocycles. The average molecular weight is 684 g/mol. The van der Waals surface area contributed by atoms with Gasteiger partial charge in [0.15, 0.2) is 11.5 Å². The molecule has 0 amide bonds. The predicted molar refractivity (Wildman–Crippen MR) is 166 cm³/mol. The first-order valence-electron chi connectivity index (χ1n) is 15.7. The molecule has 2 aromatic heterocycles. The van der Waals surface area contributed by atoms with Gasteiger partial charge in [-0.05, 0) is 80.7 Å². The molecule has 14 heteroatoms. The third kappa shape index (κ3) is 5.67. The van der Waals surface area contributed by atoms with Gasteiger partial charge in [0.1, 0.15) is 11.6 Å². The van der Waals surface area contributed by atoms with Crippen LogP contribution in [0.5, 0.6) is 11.5 Å². The van der Waals surface area contributed by atoms with Crippen molar-refractivity contribution in [2.45, 2.75) is 63.3 Å². The monoisotopic (exact) mass is 683 g/mol. The average Bonchev–Trinajstić information content (AvgIpc) is 3.74. The number of imidazole rings is 1. The van der Waals surface area contributed by atoms with Crippen LogP contribution in [0.4, 0.5) is 17.6 Å². The van der Waals surface area contributed by atoms with Gasteiger partial charge in [-0.2, -0.15) is 18.2 Å². The maximum absolute atomic E-state index is 14.9. The number of hydrogen-bond donors (Lipinski definition) is 0. The van der Waals surface area contributed by atoms with Crippen molar-refractivity contribution in [3.05, 3.63) is 88.2 Å². The SMILES string of the molecule is CC1(c2ccc(Cl)cc2F)Oc2cccc(C3CCN(Cc4nc5cc(-c6nc(C(F)(F)F)no6)ccc5n4C[C@@H]4CCO4)CC3)c2O1. The zero-order valence-corrected chi connectivity index (χ0v) is 26.5. The Kier molecular flexibility index (Phi) is 7.61. The molecule has 2 atom stereocenters. The number of benzene rings is 3. The third-order valence-electron chi connectivity index (χ3n) is 9.36. The minimum Gasteiger partial charge on any atom is -0.444 e. The van der Waals surface area contributed by atoms with Gasteiger partial charge in [0, 0.05) is 29.7 Å². The fourth-order valence-corrected chi connectivity index (χ4v) is 6.92. The van der Waals surface area contributed by atoms with E-state index in [2.05, 4.69) is 19.6 Å². The summed E-state index contributed by atoms with van der Waals surface area (Å²) in [4.78, 5) is 10.8. The molecule has 3 aromatic carbocycles. The van der Waals surface area contributed by atoms with Crippen LogP contribution in [0.2, 0.25) is 5.02 Å². The van der Waals surface area contributed by atoms with E-state index in [0.717, 1.165) is 49.3 Å². The Morgan fingerprint density at radius 2 is 1.81 bits per heavy atom. The first-order chi connectivity index (χ1) is 23.0. The Morgan fingerprint density at radius 1 is 1.00 bits per heavy atom. The Morgan fingerprint density at radius 3 is 2.52 bits per heavy atom. The van der Waals surface area contributed by atoms with Crippen LogP contribution in [-0.2, 0) is 29.8 Å². The number of alkyl halides is 3. The molecular weight excluding hydrogens is 654 g/mol. The van der Waals surface area contributed by atoms with Crippen molar-refractivity contribution >= 4 is 22.6 Å². The van der Waals surface area contributed by atoms with Crippen molar-refractivity contribution in [3.63, 3.8) is 0 Å². The Balaban J connectivity index is 0.998. The van der Waals surface area contributed by atoms with Gasteiger partial charge < -0.3 is 23.3 Å². The molecular formula is C34H30ClF4N5O4. The second-order valence-corrected chi connectivity index (χ2v) is 13.0. The standard InChI is InChI=1S/C34H30ClF4N5O4/c1-33(24-7-6-21(35)16-25(24)36)46-28-4-2-3-23(30(28)47-33)19-9-12-43(13-10-19)18-29-40-26-15-20(31-41-32(42-48-31)34(37,38)39)5-8-27(26)44(29)17-22-11-14-45-22/h2-8,15-16,19,22H,9-14,17-18H2,1H3/t22-,33?/m0/s1. The van der Waals surface area contributed by atoms with Crippen LogP contribution in [0.3, 0.4) is 0 Å². The van der Waals surface area contributed by atoms with Crippen molar-refractivity contribution in [1.82, 2.24) is 24.6 Å². The van der Waals surface area contributed by atoms with Gasteiger partial charge in [-0.3, -0.25) is 4.90 Å². The van der Waals surface area contributed by atoms with E-state index in [4.69, 9.17) is 35.3 Å². The summed E-state index contributed by atoms with van der Waals surface area (Å²) in [6.45, 7) is 5.24. The summed E-state index contributed by atoms with van der Waals surface area (Å²) < 4.78 is 79.4. The molecule has 5 heterocycles. The number of halogens is 5. The van der Waals surface area contributed by atoms with Gasteiger partial charge in [-0.15, -0.1) is 0 Å². The van der Waals surface area contributed by atoms with Crippen molar-refractivity contribution in [2.75, 3.05) is 19.7 Å². The number of nitrogens with zero attached hydrogens (tertiary/aromatic N) is 5. The molecule has 0 radical (unpaired) electrons. The maximum atomic E-state index is 14.9. The molecule has 1 unspecified atom stereocenters. The lowest BCUT2D eigenvalue weighted by Crippen LogP contribution is -2.35. The zero-order valence-electron chi connectivity index (χ0n) is 25.8. The van der Waals surface area contributed by atoms with Crippen molar-refractivity contribution < 1.29 is 36.3 Å². The van der Waals surface area contributed by atoms with Crippen LogP contribution >= 0.6 is 11.6 Å². The van der Waals surface area contributed by atoms with Crippen LogP contribution in [0.1, 0.15) is 54.9 Å². The van der Waals surface area contributed by atoms with Crippen molar-refractivity contribution in [1.29, 1.82) is 0 Å². The predicted octanol–water partition coefficient (Wildman–Crippen LogP) is 7.71. The van der Waals surface area contributed by atoms with E-state index in [-0.39, 0.29) is 23.5 Å². The highest BCUT2D eigenvalue weighted by molar-refractivity contribution is 6.30. The molecule has 9 nitrogen and oxygen atoms in total. The molecule has 8 rings (SSSR count). The van der Waals surface area contributed by atoms with Gasteiger partial charge in [0.05, 0.1) is 35.8 Å². The van der Waals surface area contributed by atoms with Crippen LogP contribution in [0, 0.1) is 5.82 Å². The lowest BCUT2D eigenvalue weighted by Gasteiger charge is -2.33. The van der Waals surface area contributed by atoms with Crippen LogP contribution in [-0.4, -0.2) is 50.4 Å². The molecule has 0 N–H and O–H groups in total. The van der Waals surface area contributed by atoms with E-state index in [9.17, 15) is 17.6 Å². The van der Waals surface area contributed by atoms with E-state index >= 15 is 0 Å².